The van der Waals surface area contributed by atoms with E-state index in [9.17, 15) is 4.79 Å². The van der Waals surface area contributed by atoms with Crippen molar-refractivity contribution in [2.75, 3.05) is 6.61 Å². The van der Waals surface area contributed by atoms with Crippen molar-refractivity contribution in [2.24, 2.45) is 18.4 Å². The maximum absolute atomic E-state index is 13.3. The molecule has 6 nitrogen and oxygen atoms in total. The highest BCUT2D eigenvalue weighted by molar-refractivity contribution is 5.79. The minimum atomic E-state index is 0.157. The van der Waals surface area contributed by atoms with E-state index in [1.54, 1.807) is 0 Å². The molecule has 4 fully saturated rings. The molecule has 2 saturated heterocycles. The molecule has 1 N–H and O–H groups in total. The highest BCUT2D eigenvalue weighted by atomic mass is 16.5. The highest BCUT2D eigenvalue weighted by Crippen LogP contribution is 2.62. The molecule has 0 radical (unpaired) electrons. The van der Waals surface area contributed by atoms with Gasteiger partial charge in [0.1, 0.15) is 0 Å². The highest BCUT2D eigenvalue weighted by Gasteiger charge is 2.67. The molecule has 3 aliphatic heterocycles. The number of hydrogen-bond acceptors (Lipinski definition) is 3. The number of ether oxygens (including phenoxy) is 1. The van der Waals surface area contributed by atoms with Gasteiger partial charge >= 0.3 is 6.03 Å². The van der Waals surface area contributed by atoms with Crippen LogP contribution in [0.3, 0.4) is 0 Å². The van der Waals surface area contributed by atoms with Gasteiger partial charge < -0.3 is 15.0 Å². The maximum Gasteiger partial charge on any atom is 0.318 e. The van der Waals surface area contributed by atoms with E-state index >= 15 is 0 Å². The smallest absolute Gasteiger partial charge is 0.318 e. The van der Waals surface area contributed by atoms with Crippen LogP contribution < -0.4 is 5.32 Å². The molecule has 144 valence electrons. The van der Waals surface area contributed by atoms with Crippen LogP contribution in [0.2, 0.25) is 0 Å². The predicted molar refractivity (Wildman–Crippen MR) is 101 cm³/mol. The van der Waals surface area contributed by atoms with Crippen LogP contribution in [0.5, 0.6) is 0 Å². The second-order valence-electron chi connectivity index (χ2n) is 9.20. The summed E-state index contributed by atoms with van der Waals surface area (Å²) in [5, 5.41) is 7.78. The molecule has 0 aromatic carbocycles. The molecule has 1 aromatic rings. The Morgan fingerprint density at radius 1 is 1.33 bits per heavy atom. The number of nitrogens with one attached hydrogen (secondary N) is 1. The number of rotatable bonds is 2. The lowest BCUT2D eigenvalue weighted by atomic mass is 9.46. The number of hydrogen-bond donors (Lipinski definition) is 1. The van der Waals surface area contributed by atoms with Crippen LogP contribution in [-0.2, 0) is 11.8 Å². The van der Waals surface area contributed by atoms with Gasteiger partial charge in [-0.3, -0.25) is 4.68 Å². The number of urea groups is 1. The van der Waals surface area contributed by atoms with Gasteiger partial charge in [0.25, 0.3) is 0 Å². The first-order valence-corrected chi connectivity index (χ1v) is 10.6. The lowest BCUT2D eigenvalue weighted by Crippen LogP contribution is -2.72. The third kappa shape index (κ3) is 2.10. The van der Waals surface area contributed by atoms with Crippen molar-refractivity contribution in [3.05, 3.63) is 24.0 Å². The van der Waals surface area contributed by atoms with Gasteiger partial charge in [-0.05, 0) is 50.2 Å². The first kappa shape index (κ1) is 16.2. The predicted octanol–water partition coefficient (Wildman–Crippen LogP) is 2.71. The molecule has 5 aliphatic rings. The lowest BCUT2D eigenvalue weighted by Gasteiger charge is -2.63. The molecule has 4 heterocycles. The third-order valence-corrected chi connectivity index (χ3v) is 8.09. The molecule has 2 aliphatic carbocycles. The number of amides is 2. The molecule has 6 rings (SSSR count). The number of carbonyl (C=O) groups is 1. The second-order valence-corrected chi connectivity index (χ2v) is 9.20. The summed E-state index contributed by atoms with van der Waals surface area (Å²) >= 11 is 0. The molecule has 2 amide bonds. The van der Waals surface area contributed by atoms with Crippen molar-refractivity contribution in [3.8, 4) is 0 Å². The van der Waals surface area contributed by atoms with Crippen molar-refractivity contribution in [2.45, 2.75) is 69.2 Å². The van der Waals surface area contributed by atoms with Crippen LogP contribution in [0.4, 0.5) is 4.79 Å². The van der Waals surface area contributed by atoms with E-state index in [1.807, 2.05) is 17.9 Å². The summed E-state index contributed by atoms with van der Waals surface area (Å²) in [6.45, 7) is 0.870. The topological polar surface area (TPSA) is 59.4 Å². The SMILES string of the molecule is Cn1nccc1C1=CC2CCC(C1)N2C(=O)NC1C2CCOC2C12CCC2. The van der Waals surface area contributed by atoms with Gasteiger partial charge in [-0.15, -0.1) is 0 Å². The Hall–Kier alpha value is -1.82. The monoisotopic (exact) mass is 368 g/mol. The van der Waals surface area contributed by atoms with E-state index < -0.39 is 0 Å². The number of aromatic nitrogens is 2. The van der Waals surface area contributed by atoms with E-state index in [0.717, 1.165) is 32.3 Å². The molecule has 6 heteroatoms. The molecule has 2 bridgehead atoms. The molecule has 27 heavy (non-hydrogen) atoms. The minimum Gasteiger partial charge on any atom is -0.377 e. The fourth-order valence-electron chi connectivity index (χ4n) is 6.69. The zero-order chi connectivity index (χ0) is 18.2. The Labute approximate surface area is 159 Å². The molecule has 1 spiro atoms. The van der Waals surface area contributed by atoms with E-state index in [0.29, 0.717) is 24.1 Å². The number of carbonyl (C=O) groups excluding carboxylic acids is 1. The summed E-state index contributed by atoms with van der Waals surface area (Å²) in [5.74, 6) is 0.539. The van der Waals surface area contributed by atoms with Crippen molar-refractivity contribution in [3.63, 3.8) is 0 Å². The Morgan fingerprint density at radius 2 is 2.22 bits per heavy atom. The summed E-state index contributed by atoms with van der Waals surface area (Å²) in [7, 11) is 1.99. The minimum absolute atomic E-state index is 0.157. The zero-order valence-electron chi connectivity index (χ0n) is 15.9. The Balaban J connectivity index is 1.21. The van der Waals surface area contributed by atoms with Gasteiger partial charge in [0.2, 0.25) is 0 Å². The Bertz CT molecular complexity index is 811. The van der Waals surface area contributed by atoms with Gasteiger partial charge in [0.15, 0.2) is 0 Å². The van der Waals surface area contributed by atoms with Gasteiger partial charge in [-0.2, -0.15) is 5.10 Å². The number of nitrogens with zero attached hydrogens (tertiary/aromatic N) is 3. The third-order valence-electron chi connectivity index (χ3n) is 8.09. The molecule has 5 unspecified atom stereocenters. The van der Waals surface area contributed by atoms with Crippen molar-refractivity contribution < 1.29 is 9.53 Å². The van der Waals surface area contributed by atoms with Gasteiger partial charge in [0, 0.05) is 43.3 Å². The second kappa shape index (κ2) is 5.60. The molecule has 2 saturated carbocycles. The van der Waals surface area contributed by atoms with Crippen LogP contribution in [0, 0.1) is 11.3 Å². The molecule has 1 aromatic heterocycles. The number of aryl methyl sites for hydroxylation is 1. The Morgan fingerprint density at radius 3 is 2.93 bits per heavy atom. The van der Waals surface area contributed by atoms with Crippen LogP contribution in [-0.4, -0.2) is 51.5 Å². The number of fused-ring (bicyclic) bond motifs is 4. The first-order chi connectivity index (χ1) is 13.2. The summed E-state index contributed by atoms with van der Waals surface area (Å²) < 4.78 is 7.95. The maximum atomic E-state index is 13.3. The van der Waals surface area contributed by atoms with Crippen LogP contribution in [0.1, 0.15) is 50.6 Å². The van der Waals surface area contributed by atoms with Gasteiger partial charge in [-0.25, -0.2) is 4.79 Å². The summed E-state index contributed by atoms with van der Waals surface area (Å²) in [6.07, 6.45) is 12.5. The van der Waals surface area contributed by atoms with Crippen LogP contribution >= 0.6 is 0 Å². The van der Waals surface area contributed by atoms with E-state index in [1.165, 1.54) is 30.5 Å². The standard InChI is InChI=1S/C21H28N4O2/c1-24-17(5-9-22-24)13-11-14-3-4-15(12-13)25(14)20(26)23-18-16-6-10-27-19(16)21(18)7-2-8-21/h5,9,11,14-16,18-19H,2-4,6-8,10,12H2,1H3,(H,23,26). The summed E-state index contributed by atoms with van der Waals surface area (Å²) in [4.78, 5) is 15.4. The van der Waals surface area contributed by atoms with Crippen molar-refractivity contribution in [1.82, 2.24) is 20.0 Å². The average Bonchev–Trinajstić information content (AvgIpc) is 3.29. The van der Waals surface area contributed by atoms with E-state index in [4.69, 9.17) is 4.74 Å². The lowest BCUT2D eigenvalue weighted by molar-refractivity contribution is -0.172. The average molecular weight is 368 g/mol. The molecular weight excluding hydrogens is 340 g/mol. The van der Waals surface area contributed by atoms with E-state index in [-0.39, 0.29) is 17.5 Å². The first-order valence-electron chi connectivity index (χ1n) is 10.6. The van der Waals surface area contributed by atoms with Gasteiger partial charge in [-0.1, -0.05) is 12.5 Å². The molecular formula is C21H28N4O2. The van der Waals surface area contributed by atoms with Gasteiger partial charge in [0.05, 0.1) is 17.8 Å². The van der Waals surface area contributed by atoms with Crippen LogP contribution in [0.15, 0.2) is 18.3 Å². The van der Waals surface area contributed by atoms with Crippen LogP contribution in [0.25, 0.3) is 5.57 Å². The van der Waals surface area contributed by atoms with Crippen molar-refractivity contribution >= 4 is 11.6 Å². The summed E-state index contributed by atoms with van der Waals surface area (Å²) in [6, 6.07) is 3.10. The van der Waals surface area contributed by atoms with Crippen molar-refractivity contribution in [1.29, 1.82) is 0 Å². The molecule has 5 atom stereocenters. The largest absolute Gasteiger partial charge is 0.377 e. The summed E-state index contributed by atoms with van der Waals surface area (Å²) in [5.41, 5.74) is 2.78. The fourth-order valence-corrected chi connectivity index (χ4v) is 6.69. The van der Waals surface area contributed by atoms with E-state index in [2.05, 4.69) is 27.5 Å². The normalized spacial score (nSPS) is 38.2. The Kier molecular flexibility index (Phi) is 3.35. The zero-order valence-corrected chi connectivity index (χ0v) is 15.9. The quantitative estimate of drug-likeness (QED) is 0.873. The fraction of sp³-hybridized carbons (Fsp3) is 0.714.